The summed E-state index contributed by atoms with van der Waals surface area (Å²) >= 11 is 5.67. The SMILES string of the molecule is CCOC(=O)C(=C(C)C(F)(F)F)c1ccc(Cl)cc1. The molecule has 1 aromatic carbocycles. The zero-order valence-corrected chi connectivity index (χ0v) is 11.1. The van der Waals surface area contributed by atoms with E-state index < -0.39 is 23.3 Å². The molecule has 1 aromatic rings. The van der Waals surface area contributed by atoms with Gasteiger partial charge in [-0.05, 0) is 31.5 Å². The number of alkyl halides is 3. The van der Waals surface area contributed by atoms with E-state index in [4.69, 9.17) is 11.6 Å². The molecule has 0 heterocycles. The van der Waals surface area contributed by atoms with Crippen LogP contribution in [0.25, 0.3) is 5.57 Å². The van der Waals surface area contributed by atoms with Gasteiger partial charge in [-0.3, -0.25) is 0 Å². The van der Waals surface area contributed by atoms with Gasteiger partial charge in [0.1, 0.15) is 0 Å². The fourth-order valence-electron chi connectivity index (χ4n) is 1.45. The Balaban J connectivity index is 3.36. The van der Waals surface area contributed by atoms with E-state index in [0.717, 1.165) is 6.92 Å². The fourth-order valence-corrected chi connectivity index (χ4v) is 1.57. The summed E-state index contributed by atoms with van der Waals surface area (Å²) in [6.45, 7) is 2.38. The molecular weight excluding hydrogens is 281 g/mol. The third-order valence-electron chi connectivity index (χ3n) is 2.41. The van der Waals surface area contributed by atoms with E-state index in [2.05, 4.69) is 4.74 Å². The summed E-state index contributed by atoms with van der Waals surface area (Å²) in [5, 5.41) is 0.372. The van der Waals surface area contributed by atoms with Crippen molar-refractivity contribution in [2.24, 2.45) is 0 Å². The second-order valence-electron chi connectivity index (χ2n) is 3.73. The third-order valence-corrected chi connectivity index (χ3v) is 2.66. The Kier molecular flexibility index (Phi) is 5.00. The minimum absolute atomic E-state index is 0.00105. The number of hydrogen-bond acceptors (Lipinski definition) is 2. The van der Waals surface area contributed by atoms with Gasteiger partial charge < -0.3 is 4.74 Å². The summed E-state index contributed by atoms with van der Waals surface area (Å²) in [5.74, 6) is -1.00. The molecule has 0 spiro atoms. The average Bonchev–Trinajstić information content (AvgIpc) is 2.31. The van der Waals surface area contributed by atoms with Crippen molar-refractivity contribution in [2.75, 3.05) is 6.61 Å². The number of benzene rings is 1. The van der Waals surface area contributed by atoms with E-state index >= 15 is 0 Å². The molecule has 19 heavy (non-hydrogen) atoms. The summed E-state index contributed by atoms with van der Waals surface area (Å²) < 4.78 is 43.0. The van der Waals surface area contributed by atoms with Crippen molar-refractivity contribution >= 4 is 23.1 Å². The molecule has 2 nitrogen and oxygen atoms in total. The monoisotopic (exact) mass is 292 g/mol. The summed E-state index contributed by atoms with van der Waals surface area (Å²) in [6.07, 6.45) is -4.60. The number of carbonyl (C=O) groups is 1. The van der Waals surface area contributed by atoms with Gasteiger partial charge in [-0.15, -0.1) is 0 Å². The van der Waals surface area contributed by atoms with Crippen molar-refractivity contribution in [1.82, 2.24) is 0 Å². The van der Waals surface area contributed by atoms with Crippen LogP contribution in [0, 0.1) is 0 Å². The van der Waals surface area contributed by atoms with E-state index in [1.807, 2.05) is 0 Å². The predicted molar refractivity (Wildman–Crippen MR) is 66.7 cm³/mol. The zero-order valence-electron chi connectivity index (χ0n) is 10.3. The molecule has 0 aliphatic rings. The van der Waals surface area contributed by atoms with Gasteiger partial charge in [0, 0.05) is 10.6 Å². The molecule has 0 aromatic heterocycles. The van der Waals surface area contributed by atoms with Crippen molar-refractivity contribution in [3.63, 3.8) is 0 Å². The fraction of sp³-hybridized carbons (Fsp3) is 0.308. The lowest BCUT2D eigenvalue weighted by Crippen LogP contribution is -2.17. The van der Waals surface area contributed by atoms with Crippen molar-refractivity contribution in [2.45, 2.75) is 20.0 Å². The second kappa shape index (κ2) is 6.10. The lowest BCUT2D eigenvalue weighted by Gasteiger charge is -2.14. The van der Waals surface area contributed by atoms with Crippen molar-refractivity contribution in [3.8, 4) is 0 Å². The summed E-state index contributed by atoms with van der Waals surface area (Å²) in [5.41, 5.74) is -1.36. The van der Waals surface area contributed by atoms with Crippen molar-refractivity contribution in [1.29, 1.82) is 0 Å². The van der Waals surface area contributed by atoms with E-state index in [-0.39, 0.29) is 12.2 Å². The van der Waals surface area contributed by atoms with Crippen LogP contribution >= 0.6 is 11.6 Å². The van der Waals surface area contributed by atoms with Crippen LogP contribution in [0.4, 0.5) is 13.2 Å². The molecule has 6 heteroatoms. The quantitative estimate of drug-likeness (QED) is 0.615. The van der Waals surface area contributed by atoms with E-state index in [0.29, 0.717) is 5.02 Å². The molecule has 0 bridgehead atoms. The molecule has 0 saturated heterocycles. The smallest absolute Gasteiger partial charge is 0.413 e. The molecule has 0 radical (unpaired) electrons. The Morgan fingerprint density at radius 2 is 1.79 bits per heavy atom. The van der Waals surface area contributed by atoms with E-state index in [9.17, 15) is 18.0 Å². The molecule has 104 valence electrons. The van der Waals surface area contributed by atoms with Crippen LogP contribution in [0.15, 0.2) is 29.8 Å². The Morgan fingerprint density at radius 3 is 2.21 bits per heavy atom. The molecule has 0 unspecified atom stereocenters. The summed E-state index contributed by atoms with van der Waals surface area (Å²) in [7, 11) is 0. The number of allylic oxidation sites excluding steroid dienone is 1. The van der Waals surface area contributed by atoms with Gasteiger partial charge in [-0.1, -0.05) is 23.7 Å². The van der Waals surface area contributed by atoms with Gasteiger partial charge in [0.05, 0.1) is 12.2 Å². The Hall–Kier alpha value is -1.49. The first-order valence-corrected chi connectivity index (χ1v) is 5.86. The van der Waals surface area contributed by atoms with Gasteiger partial charge in [-0.2, -0.15) is 13.2 Å². The number of ether oxygens (including phenoxy) is 1. The highest BCUT2D eigenvalue weighted by molar-refractivity contribution is 6.30. The number of rotatable bonds is 3. The maximum absolute atomic E-state index is 12.8. The summed E-state index contributed by atoms with van der Waals surface area (Å²) in [6, 6.07) is 5.53. The molecule has 0 amide bonds. The van der Waals surface area contributed by atoms with Gasteiger partial charge >= 0.3 is 12.1 Å². The summed E-state index contributed by atoms with van der Waals surface area (Å²) in [4.78, 5) is 11.7. The van der Waals surface area contributed by atoms with Crippen LogP contribution in [0.3, 0.4) is 0 Å². The average molecular weight is 293 g/mol. The number of hydrogen-bond donors (Lipinski definition) is 0. The molecule has 1 rings (SSSR count). The molecule has 0 aliphatic carbocycles. The van der Waals surface area contributed by atoms with Crippen LogP contribution in [0.1, 0.15) is 19.4 Å². The lowest BCUT2D eigenvalue weighted by atomic mass is 10.0. The molecule has 0 atom stereocenters. The highest BCUT2D eigenvalue weighted by Crippen LogP contribution is 2.33. The molecule has 0 N–H and O–H groups in total. The Labute approximate surface area is 113 Å². The number of halogens is 4. The van der Waals surface area contributed by atoms with Crippen LogP contribution in [-0.4, -0.2) is 18.8 Å². The first-order valence-electron chi connectivity index (χ1n) is 5.48. The highest BCUT2D eigenvalue weighted by Gasteiger charge is 2.35. The minimum Gasteiger partial charge on any atom is -0.462 e. The van der Waals surface area contributed by atoms with Crippen LogP contribution in [0.5, 0.6) is 0 Å². The molecule has 0 fully saturated rings. The standard InChI is InChI=1S/C13H12ClF3O2/c1-3-19-12(18)11(8(2)13(15,16)17)9-4-6-10(14)7-5-9/h4-7H,3H2,1-2H3. The van der Waals surface area contributed by atoms with E-state index in [1.54, 1.807) is 0 Å². The highest BCUT2D eigenvalue weighted by atomic mass is 35.5. The first kappa shape index (κ1) is 15.6. The van der Waals surface area contributed by atoms with Gasteiger partial charge in [0.15, 0.2) is 0 Å². The Bertz CT molecular complexity index is 490. The van der Waals surface area contributed by atoms with Crippen LogP contribution < -0.4 is 0 Å². The van der Waals surface area contributed by atoms with Gasteiger partial charge in [-0.25, -0.2) is 4.79 Å². The van der Waals surface area contributed by atoms with Crippen molar-refractivity contribution in [3.05, 3.63) is 40.4 Å². The maximum atomic E-state index is 12.8. The predicted octanol–water partition coefficient (Wildman–Crippen LogP) is 4.24. The third kappa shape index (κ3) is 3.99. The first-order chi connectivity index (χ1) is 8.77. The van der Waals surface area contributed by atoms with Gasteiger partial charge in [0.2, 0.25) is 0 Å². The van der Waals surface area contributed by atoms with Crippen LogP contribution in [0.2, 0.25) is 5.02 Å². The minimum atomic E-state index is -4.60. The molecular formula is C13H12ClF3O2. The molecule has 0 aliphatic heterocycles. The topological polar surface area (TPSA) is 26.3 Å². The number of carbonyl (C=O) groups excluding carboxylic acids is 1. The van der Waals surface area contributed by atoms with Gasteiger partial charge in [0.25, 0.3) is 0 Å². The lowest BCUT2D eigenvalue weighted by molar-refractivity contribution is -0.136. The molecule has 0 saturated carbocycles. The Morgan fingerprint density at radius 1 is 1.26 bits per heavy atom. The maximum Gasteiger partial charge on any atom is 0.413 e. The zero-order chi connectivity index (χ0) is 14.6. The van der Waals surface area contributed by atoms with Crippen LogP contribution in [-0.2, 0) is 9.53 Å². The number of esters is 1. The largest absolute Gasteiger partial charge is 0.462 e. The normalized spacial score (nSPS) is 12.9. The van der Waals surface area contributed by atoms with Crippen molar-refractivity contribution < 1.29 is 22.7 Å². The van der Waals surface area contributed by atoms with E-state index in [1.165, 1.54) is 31.2 Å². The second-order valence-corrected chi connectivity index (χ2v) is 4.16.